The molecular formula is C11H15N3O2S2. The number of hydrogen-bond acceptors (Lipinski definition) is 5. The van der Waals surface area contributed by atoms with Crippen molar-refractivity contribution >= 4 is 32.7 Å². The van der Waals surface area contributed by atoms with Gasteiger partial charge in [-0.15, -0.1) is 0 Å². The van der Waals surface area contributed by atoms with Crippen LogP contribution in [0.4, 0.5) is 5.69 Å². The monoisotopic (exact) mass is 285 g/mol. The molecule has 0 radical (unpaired) electrons. The van der Waals surface area contributed by atoms with E-state index in [-0.39, 0.29) is 22.5 Å². The number of nitrogens with one attached hydrogen (secondary N) is 1. The lowest BCUT2D eigenvalue weighted by atomic mass is 10.1. The van der Waals surface area contributed by atoms with Gasteiger partial charge in [0.2, 0.25) is 0 Å². The molecule has 0 saturated carbocycles. The molecule has 1 aliphatic rings. The van der Waals surface area contributed by atoms with Crippen LogP contribution in [-0.2, 0) is 9.84 Å². The van der Waals surface area contributed by atoms with Crippen LogP contribution >= 0.6 is 12.2 Å². The molecule has 1 fully saturated rings. The first-order valence-electron chi connectivity index (χ1n) is 5.69. The average molecular weight is 285 g/mol. The molecule has 0 aliphatic carbocycles. The molecule has 18 heavy (non-hydrogen) atoms. The van der Waals surface area contributed by atoms with Crippen LogP contribution in [0.2, 0.25) is 0 Å². The Kier molecular flexibility index (Phi) is 3.82. The van der Waals surface area contributed by atoms with Crippen molar-refractivity contribution in [2.45, 2.75) is 18.9 Å². The van der Waals surface area contributed by atoms with Crippen LogP contribution in [0.1, 0.15) is 18.5 Å². The van der Waals surface area contributed by atoms with Crippen LogP contribution in [0, 0.1) is 0 Å². The van der Waals surface area contributed by atoms with Crippen molar-refractivity contribution in [1.29, 1.82) is 0 Å². The van der Waals surface area contributed by atoms with Crippen molar-refractivity contribution in [2.75, 3.05) is 16.8 Å². The van der Waals surface area contributed by atoms with Gasteiger partial charge in [-0.2, -0.15) is 0 Å². The molecule has 0 atom stereocenters. The van der Waals surface area contributed by atoms with E-state index in [0.717, 1.165) is 5.69 Å². The first kappa shape index (κ1) is 13.2. The van der Waals surface area contributed by atoms with Gasteiger partial charge in [-0.25, -0.2) is 8.42 Å². The maximum Gasteiger partial charge on any atom is 0.150 e. The molecule has 0 aromatic carbocycles. The van der Waals surface area contributed by atoms with Gasteiger partial charge in [0.25, 0.3) is 0 Å². The summed E-state index contributed by atoms with van der Waals surface area (Å²) in [4.78, 5) is 4.39. The third kappa shape index (κ3) is 3.39. The number of pyridine rings is 1. The number of sulfone groups is 1. The van der Waals surface area contributed by atoms with E-state index < -0.39 is 9.84 Å². The molecule has 3 N–H and O–H groups in total. The fourth-order valence-corrected chi connectivity index (χ4v) is 3.51. The Morgan fingerprint density at radius 1 is 1.39 bits per heavy atom. The molecule has 5 nitrogen and oxygen atoms in total. The predicted molar refractivity (Wildman–Crippen MR) is 75.4 cm³/mol. The third-order valence-electron chi connectivity index (χ3n) is 2.94. The highest BCUT2D eigenvalue weighted by Gasteiger charge is 2.23. The maximum absolute atomic E-state index is 11.3. The molecule has 2 heterocycles. The van der Waals surface area contributed by atoms with Crippen molar-refractivity contribution in [2.24, 2.45) is 5.73 Å². The molecule has 0 bridgehead atoms. The Bertz CT molecular complexity index is 526. The highest BCUT2D eigenvalue weighted by Crippen LogP contribution is 2.17. The zero-order valence-corrected chi connectivity index (χ0v) is 11.4. The van der Waals surface area contributed by atoms with E-state index in [4.69, 9.17) is 18.0 Å². The molecule has 0 spiro atoms. The molecule has 0 unspecified atom stereocenters. The van der Waals surface area contributed by atoms with Crippen LogP contribution in [0.5, 0.6) is 0 Å². The van der Waals surface area contributed by atoms with Crippen LogP contribution in [0.3, 0.4) is 0 Å². The second-order valence-corrected chi connectivity index (χ2v) is 7.11. The highest BCUT2D eigenvalue weighted by molar-refractivity contribution is 7.91. The molecule has 98 valence electrons. The molecule has 7 heteroatoms. The van der Waals surface area contributed by atoms with E-state index in [1.807, 2.05) is 6.07 Å². The Morgan fingerprint density at radius 2 is 2.06 bits per heavy atom. The van der Waals surface area contributed by atoms with Crippen LogP contribution in [0.15, 0.2) is 18.3 Å². The number of thiocarbonyl (C=S) groups is 1. The third-order valence-corrected chi connectivity index (χ3v) is 4.87. The maximum atomic E-state index is 11.3. The summed E-state index contributed by atoms with van der Waals surface area (Å²) >= 11 is 4.82. The standard InChI is InChI=1S/C11H15N3O2S2/c12-11(17)10-2-1-9(7-13-10)14-8-3-5-18(15,16)6-4-8/h1-2,7-8,14H,3-6H2,(H2,12,17). The topological polar surface area (TPSA) is 85.1 Å². The average Bonchev–Trinajstić information content (AvgIpc) is 2.33. The van der Waals surface area contributed by atoms with Gasteiger partial charge in [0, 0.05) is 6.04 Å². The van der Waals surface area contributed by atoms with Gasteiger partial charge in [0.05, 0.1) is 29.1 Å². The number of hydrogen-bond donors (Lipinski definition) is 2. The van der Waals surface area contributed by atoms with E-state index in [2.05, 4.69) is 10.3 Å². The smallest absolute Gasteiger partial charge is 0.150 e. The molecule has 1 aromatic heterocycles. The molecule has 0 amide bonds. The first-order chi connectivity index (χ1) is 8.46. The number of aromatic nitrogens is 1. The molecule has 1 saturated heterocycles. The lowest BCUT2D eigenvalue weighted by Gasteiger charge is -2.23. The van der Waals surface area contributed by atoms with Gasteiger partial charge >= 0.3 is 0 Å². The largest absolute Gasteiger partial charge is 0.388 e. The number of anilines is 1. The number of nitrogens with two attached hydrogens (primary N) is 1. The van der Waals surface area contributed by atoms with Gasteiger partial charge in [0.1, 0.15) is 14.8 Å². The van der Waals surface area contributed by atoms with Crippen LogP contribution in [0.25, 0.3) is 0 Å². The summed E-state index contributed by atoms with van der Waals surface area (Å²) in [6.45, 7) is 0. The van der Waals surface area contributed by atoms with Crippen molar-refractivity contribution in [3.05, 3.63) is 24.0 Å². The van der Waals surface area contributed by atoms with Gasteiger partial charge in [0.15, 0.2) is 0 Å². The first-order valence-corrected chi connectivity index (χ1v) is 7.92. The SMILES string of the molecule is NC(=S)c1ccc(NC2CCS(=O)(=O)CC2)cn1. The molecule has 1 aromatic rings. The van der Waals surface area contributed by atoms with Gasteiger partial charge in [-0.05, 0) is 25.0 Å². The molecular weight excluding hydrogens is 270 g/mol. The summed E-state index contributed by atoms with van der Waals surface area (Å²) in [6.07, 6.45) is 2.94. The summed E-state index contributed by atoms with van der Waals surface area (Å²) in [7, 11) is -2.82. The Labute approximate surface area is 112 Å². The summed E-state index contributed by atoms with van der Waals surface area (Å²) in [6, 6.07) is 3.79. The highest BCUT2D eigenvalue weighted by atomic mass is 32.2. The lowest BCUT2D eigenvalue weighted by molar-refractivity contribution is 0.559. The second-order valence-electron chi connectivity index (χ2n) is 4.37. The van der Waals surface area contributed by atoms with Crippen molar-refractivity contribution in [1.82, 2.24) is 4.98 Å². The second kappa shape index (κ2) is 5.19. The van der Waals surface area contributed by atoms with E-state index in [1.165, 1.54) is 0 Å². The Balaban J connectivity index is 1.96. The number of nitrogens with zero attached hydrogens (tertiary/aromatic N) is 1. The van der Waals surface area contributed by atoms with Crippen molar-refractivity contribution in [3.8, 4) is 0 Å². The minimum Gasteiger partial charge on any atom is -0.388 e. The number of rotatable bonds is 3. The minimum absolute atomic E-state index is 0.186. The van der Waals surface area contributed by atoms with E-state index in [0.29, 0.717) is 18.5 Å². The van der Waals surface area contributed by atoms with Gasteiger partial charge in [-0.1, -0.05) is 12.2 Å². The fraction of sp³-hybridized carbons (Fsp3) is 0.455. The molecule has 2 rings (SSSR count). The Hall–Kier alpha value is -1.21. The minimum atomic E-state index is -2.82. The fourth-order valence-electron chi connectivity index (χ4n) is 1.90. The predicted octanol–water partition coefficient (Wildman–Crippen LogP) is 0.705. The zero-order chi connectivity index (χ0) is 13.2. The van der Waals surface area contributed by atoms with Gasteiger partial charge < -0.3 is 11.1 Å². The van der Waals surface area contributed by atoms with E-state index >= 15 is 0 Å². The lowest BCUT2D eigenvalue weighted by Crippen LogP contribution is -2.32. The molecule has 1 aliphatic heterocycles. The van der Waals surface area contributed by atoms with Gasteiger partial charge in [-0.3, -0.25) is 4.98 Å². The summed E-state index contributed by atoms with van der Waals surface area (Å²) in [5.41, 5.74) is 6.91. The summed E-state index contributed by atoms with van der Waals surface area (Å²) < 4.78 is 22.6. The van der Waals surface area contributed by atoms with Crippen LogP contribution in [-0.4, -0.2) is 35.9 Å². The normalized spacial score (nSPS) is 19.3. The summed E-state index contributed by atoms with van der Waals surface area (Å²) in [5.74, 6) is 0.506. The zero-order valence-electron chi connectivity index (χ0n) is 9.80. The Morgan fingerprint density at radius 3 is 2.56 bits per heavy atom. The van der Waals surface area contributed by atoms with Crippen LogP contribution < -0.4 is 11.1 Å². The van der Waals surface area contributed by atoms with Crippen molar-refractivity contribution in [3.63, 3.8) is 0 Å². The van der Waals surface area contributed by atoms with Crippen molar-refractivity contribution < 1.29 is 8.42 Å². The summed E-state index contributed by atoms with van der Waals surface area (Å²) in [5, 5.41) is 3.27. The quantitative estimate of drug-likeness (QED) is 0.795. The van der Waals surface area contributed by atoms with E-state index in [9.17, 15) is 8.42 Å². The van der Waals surface area contributed by atoms with E-state index in [1.54, 1.807) is 12.3 Å².